The van der Waals surface area contributed by atoms with Gasteiger partial charge in [0.2, 0.25) is 0 Å². The first-order chi connectivity index (χ1) is 10.1. The van der Waals surface area contributed by atoms with E-state index in [2.05, 4.69) is 11.9 Å². The number of hydrogen-bond donors (Lipinski definition) is 1. The first-order valence-electron chi connectivity index (χ1n) is 7.37. The predicted octanol–water partition coefficient (Wildman–Crippen LogP) is 2.65. The van der Waals surface area contributed by atoms with E-state index in [9.17, 15) is 9.90 Å². The molecule has 1 unspecified atom stereocenters. The maximum atomic E-state index is 11.3. The lowest BCUT2D eigenvalue weighted by Crippen LogP contribution is -2.37. The molecule has 1 aromatic carbocycles. The number of ether oxygens (including phenoxy) is 2. The van der Waals surface area contributed by atoms with Crippen LogP contribution >= 0.6 is 0 Å². The zero-order valence-corrected chi connectivity index (χ0v) is 12.7. The molecule has 0 aliphatic carbocycles. The molecule has 116 valence electrons. The summed E-state index contributed by atoms with van der Waals surface area (Å²) in [4.78, 5) is 13.6. The summed E-state index contributed by atoms with van der Waals surface area (Å²) in [5.41, 5.74) is 0.145. The van der Waals surface area contributed by atoms with Crippen molar-refractivity contribution < 1.29 is 19.4 Å². The second-order valence-corrected chi connectivity index (χ2v) is 5.41. The van der Waals surface area contributed by atoms with Crippen molar-refractivity contribution in [2.75, 3.05) is 27.3 Å². The molecule has 0 bridgehead atoms. The van der Waals surface area contributed by atoms with E-state index in [1.807, 2.05) is 0 Å². The highest BCUT2D eigenvalue weighted by atomic mass is 16.5. The number of aromatic carboxylic acids is 1. The fraction of sp³-hybridized carbons (Fsp3) is 0.562. The summed E-state index contributed by atoms with van der Waals surface area (Å²) in [6.45, 7) is 1.62. The highest BCUT2D eigenvalue weighted by Crippen LogP contribution is 2.31. The number of piperidine rings is 1. The lowest BCUT2D eigenvalue weighted by Gasteiger charge is -2.32. The van der Waals surface area contributed by atoms with Crippen molar-refractivity contribution in [3.8, 4) is 11.5 Å². The van der Waals surface area contributed by atoms with Crippen LogP contribution in [-0.2, 0) is 0 Å². The summed E-state index contributed by atoms with van der Waals surface area (Å²) in [6.07, 6.45) is 4.58. The van der Waals surface area contributed by atoms with E-state index in [-0.39, 0.29) is 5.56 Å². The monoisotopic (exact) mass is 293 g/mol. The lowest BCUT2D eigenvalue weighted by atomic mass is 10.0. The molecule has 0 amide bonds. The summed E-state index contributed by atoms with van der Waals surface area (Å²) in [5, 5.41) is 9.23. The van der Waals surface area contributed by atoms with Gasteiger partial charge in [0.25, 0.3) is 0 Å². The van der Waals surface area contributed by atoms with Gasteiger partial charge in [-0.25, -0.2) is 4.79 Å². The van der Waals surface area contributed by atoms with Gasteiger partial charge >= 0.3 is 5.97 Å². The third-order valence-electron chi connectivity index (χ3n) is 4.05. The molecule has 0 saturated carbocycles. The van der Waals surface area contributed by atoms with Crippen molar-refractivity contribution >= 4 is 5.97 Å². The first-order valence-corrected chi connectivity index (χ1v) is 7.37. The molecular weight excluding hydrogens is 270 g/mol. The van der Waals surface area contributed by atoms with E-state index in [0.29, 0.717) is 24.1 Å². The molecule has 21 heavy (non-hydrogen) atoms. The van der Waals surface area contributed by atoms with Crippen LogP contribution in [0.15, 0.2) is 18.2 Å². The Labute approximate surface area is 125 Å². The van der Waals surface area contributed by atoms with E-state index in [1.54, 1.807) is 12.1 Å². The quantitative estimate of drug-likeness (QED) is 0.873. The van der Waals surface area contributed by atoms with Gasteiger partial charge in [-0.15, -0.1) is 0 Å². The summed E-state index contributed by atoms with van der Waals surface area (Å²) in [5.74, 6) is -0.212. The molecule has 0 spiro atoms. The number of hydrogen-bond acceptors (Lipinski definition) is 4. The Morgan fingerprint density at radius 1 is 1.43 bits per heavy atom. The Morgan fingerprint density at radius 3 is 2.90 bits per heavy atom. The second kappa shape index (κ2) is 7.31. The molecule has 1 fully saturated rings. The summed E-state index contributed by atoms with van der Waals surface area (Å²) < 4.78 is 10.9. The molecule has 1 N–H and O–H groups in total. The van der Waals surface area contributed by atoms with E-state index < -0.39 is 5.97 Å². The number of methoxy groups -OCH3 is 1. The molecule has 1 aliphatic rings. The molecule has 1 heterocycles. The zero-order valence-electron chi connectivity index (χ0n) is 12.7. The van der Waals surface area contributed by atoms with E-state index in [4.69, 9.17) is 9.47 Å². The number of nitrogens with zero attached hydrogens (tertiary/aromatic N) is 1. The van der Waals surface area contributed by atoms with E-state index in [0.717, 1.165) is 13.0 Å². The van der Waals surface area contributed by atoms with Crippen molar-refractivity contribution in [2.45, 2.75) is 31.7 Å². The molecule has 0 radical (unpaired) electrons. The Balaban J connectivity index is 2.00. The van der Waals surface area contributed by atoms with Crippen molar-refractivity contribution in [1.82, 2.24) is 4.90 Å². The van der Waals surface area contributed by atoms with Gasteiger partial charge in [-0.3, -0.25) is 0 Å². The molecule has 1 aliphatic heterocycles. The second-order valence-electron chi connectivity index (χ2n) is 5.41. The van der Waals surface area contributed by atoms with Crippen LogP contribution in [0.2, 0.25) is 0 Å². The van der Waals surface area contributed by atoms with Gasteiger partial charge < -0.3 is 19.5 Å². The van der Waals surface area contributed by atoms with Gasteiger partial charge in [-0.1, -0.05) is 12.5 Å². The van der Waals surface area contributed by atoms with Crippen LogP contribution < -0.4 is 9.47 Å². The SMILES string of the molecule is COc1cccc(C(=O)O)c1OCCC1CCCCN1C. The standard InChI is InChI=1S/C16H23NO4/c1-17-10-4-3-6-12(17)9-11-21-15-13(16(18)19)7-5-8-14(15)20-2/h5,7-8,12H,3-4,6,9-11H2,1-2H3,(H,18,19). The fourth-order valence-electron chi connectivity index (χ4n) is 2.80. The number of likely N-dealkylation sites (tertiary alicyclic amines) is 1. The maximum Gasteiger partial charge on any atom is 0.339 e. The normalized spacial score (nSPS) is 19.2. The van der Waals surface area contributed by atoms with Crippen LogP contribution in [0, 0.1) is 0 Å². The predicted molar refractivity (Wildman–Crippen MR) is 80.3 cm³/mol. The van der Waals surface area contributed by atoms with Gasteiger partial charge in [0.1, 0.15) is 5.56 Å². The van der Waals surface area contributed by atoms with Crippen LogP contribution in [0.3, 0.4) is 0 Å². The Bertz CT molecular complexity index is 489. The Hall–Kier alpha value is -1.75. The van der Waals surface area contributed by atoms with E-state index in [1.165, 1.54) is 32.4 Å². The molecule has 5 heteroatoms. The van der Waals surface area contributed by atoms with Crippen LogP contribution in [0.4, 0.5) is 0 Å². The Morgan fingerprint density at radius 2 is 2.24 bits per heavy atom. The van der Waals surface area contributed by atoms with Crippen LogP contribution in [0.25, 0.3) is 0 Å². The molecule has 1 atom stereocenters. The van der Waals surface area contributed by atoms with Gasteiger partial charge in [0.15, 0.2) is 11.5 Å². The lowest BCUT2D eigenvalue weighted by molar-refractivity contribution is 0.0690. The number of para-hydroxylation sites is 1. The summed E-state index contributed by atoms with van der Waals surface area (Å²) in [6, 6.07) is 5.42. The third-order valence-corrected chi connectivity index (χ3v) is 4.05. The number of carboxylic acids is 1. The number of rotatable bonds is 6. The molecule has 1 saturated heterocycles. The number of carboxylic acid groups (broad SMARTS) is 1. The van der Waals surface area contributed by atoms with Crippen molar-refractivity contribution in [2.24, 2.45) is 0 Å². The first kappa shape index (κ1) is 15.6. The van der Waals surface area contributed by atoms with Gasteiger partial charge in [-0.05, 0) is 45.0 Å². The van der Waals surface area contributed by atoms with Crippen molar-refractivity contribution in [1.29, 1.82) is 0 Å². The minimum Gasteiger partial charge on any atom is -0.493 e. The summed E-state index contributed by atoms with van der Waals surface area (Å²) >= 11 is 0. The highest BCUT2D eigenvalue weighted by molar-refractivity contribution is 5.92. The number of carbonyl (C=O) groups is 1. The highest BCUT2D eigenvalue weighted by Gasteiger charge is 2.20. The largest absolute Gasteiger partial charge is 0.493 e. The molecule has 5 nitrogen and oxygen atoms in total. The van der Waals surface area contributed by atoms with Crippen LogP contribution in [0.5, 0.6) is 11.5 Å². The maximum absolute atomic E-state index is 11.3. The average Bonchev–Trinajstić information content (AvgIpc) is 2.49. The van der Waals surface area contributed by atoms with Crippen LogP contribution in [0.1, 0.15) is 36.0 Å². The minimum atomic E-state index is -1.00. The molecule has 2 rings (SSSR count). The third kappa shape index (κ3) is 3.88. The van der Waals surface area contributed by atoms with Crippen molar-refractivity contribution in [3.63, 3.8) is 0 Å². The molecule has 0 aromatic heterocycles. The van der Waals surface area contributed by atoms with Gasteiger partial charge in [0.05, 0.1) is 13.7 Å². The fourth-order valence-corrected chi connectivity index (χ4v) is 2.80. The molecular formula is C16H23NO4. The Kier molecular flexibility index (Phi) is 5.44. The van der Waals surface area contributed by atoms with E-state index >= 15 is 0 Å². The van der Waals surface area contributed by atoms with Gasteiger partial charge in [-0.2, -0.15) is 0 Å². The average molecular weight is 293 g/mol. The molecule has 1 aromatic rings. The summed E-state index contributed by atoms with van der Waals surface area (Å²) in [7, 11) is 3.65. The number of benzene rings is 1. The topological polar surface area (TPSA) is 59.0 Å². The van der Waals surface area contributed by atoms with Gasteiger partial charge in [0, 0.05) is 6.04 Å². The smallest absolute Gasteiger partial charge is 0.339 e. The van der Waals surface area contributed by atoms with Crippen molar-refractivity contribution in [3.05, 3.63) is 23.8 Å². The van der Waals surface area contributed by atoms with Crippen LogP contribution in [-0.4, -0.2) is 49.3 Å². The minimum absolute atomic E-state index is 0.145. The zero-order chi connectivity index (χ0) is 15.2.